The molecule has 0 aliphatic rings. The highest BCUT2D eigenvalue weighted by molar-refractivity contribution is 7.91. The van der Waals surface area contributed by atoms with Gasteiger partial charge in [0.15, 0.2) is 5.15 Å². The predicted molar refractivity (Wildman–Crippen MR) is 78.9 cm³/mol. The van der Waals surface area contributed by atoms with Crippen LogP contribution < -0.4 is 4.72 Å². The van der Waals surface area contributed by atoms with Crippen LogP contribution in [0.5, 0.6) is 0 Å². The lowest BCUT2D eigenvalue weighted by atomic mass is 10.1. The summed E-state index contributed by atoms with van der Waals surface area (Å²) in [6.45, 7) is 0. The molecule has 6 nitrogen and oxygen atoms in total. The Morgan fingerprint density at radius 1 is 1.24 bits per heavy atom. The van der Waals surface area contributed by atoms with Crippen molar-refractivity contribution >= 4 is 33.3 Å². The number of nitrogens with zero attached hydrogens (tertiary/aromatic N) is 1. The molecule has 110 valence electrons. The van der Waals surface area contributed by atoms with Crippen LogP contribution in [0, 0.1) is 0 Å². The van der Waals surface area contributed by atoms with Gasteiger partial charge in [-0.25, -0.2) is 18.2 Å². The van der Waals surface area contributed by atoms with Crippen LogP contribution in [-0.4, -0.2) is 24.5 Å². The van der Waals surface area contributed by atoms with Crippen molar-refractivity contribution in [1.29, 1.82) is 0 Å². The minimum absolute atomic E-state index is 0.0577. The molecule has 0 saturated heterocycles. The van der Waals surface area contributed by atoms with Gasteiger partial charge in [0, 0.05) is 6.20 Å². The molecule has 0 bridgehead atoms. The van der Waals surface area contributed by atoms with Crippen molar-refractivity contribution in [2.75, 3.05) is 4.72 Å². The van der Waals surface area contributed by atoms with Gasteiger partial charge in [-0.1, -0.05) is 23.7 Å². The number of anilines is 1. The third-order valence-corrected chi connectivity index (χ3v) is 4.13. The van der Waals surface area contributed by atoms with Gasteiger partial charge in [-0.15, -0.1) is 0 Å². The maximum absolute atomic E-state index is 12.0. The molecule has 0 aliphatic heterocycles. The summed E-state index contributed by atoms with van der Waals surface area (Å²) >= 11 is 5.79. The molecule has 1 heterocycles. The zero-order valence-corrected chi connectivity index (χ0v) is 12.2. The second kappa shape index (κ2) is 6.11. The lowest BCUT2D eigenvalue weighted by Crippen LogP contribution is -2.15. The number of halogens is 1. The molecule has 1 aromatic carbocycles. The number of carboxylic acids is 1. The standard InChI is InChI=1S/C13H11ClN2O4S/c14-12-11(2-1-7-15-12)16-21(19,20)8-9-3-5-10(6-4-9)13(17)18/h1-7,16H,8H2,(H,17,18). The summed E-state index contributed by atoms with van der Waals surface area (Å²) < 4.78 is 26.4. The Balaban J connectivity index is 2.14. The fraction of sp³-hybridized carbons (Fsp3) is 0.0769. The van der Waals surface area contributed by atoms with Crippen LogP contribution in [-0.2, 0) is 15.8 Å². The van der Waals surface area contributed by atoms with E-state index in [0.717, 1.165) is 0 Å². The van der Waals surface area contributed by atoms with E-state index in [1.807, 2.05) is 0 Å². The van der Waals surface area contributed by atoms with Crippen LogP contribution >= 0.6 is 11.6 Å². The molecular weight excluding hydrogens is 316 g/mol. The summed E-state index contributed by atoms with van der Waals surface area (Å²) in [5, 5.41) is 8.84. The molecule has 0 atom stereocenters. The van der Waals surface area contributed by atoms with E-state index in [2.05, 4.69) is 9.71 Å². The first-order valence-corrected chi connectivity index (χ1v) is 7.84. The van der Waals surface area contributed by atoms with Crippen LogP contribution in [0.25, 0.3) is 0 Å². The third kappa shape index (κ3) is 4.17. The summed E-state index contributed by atoms with van der Waals surface area (Å²) in [5.41, 5.74) is 0.758. The Morgan fingerprint density at radius 2 is 1.90 bits per heavy atom. The van der Waals surface area contributed by atoms with E-state index in [1.165, 1.54) is 36.5 Å². The fourth-order valence-corrected chi connectivity index (χ4v) is 3.05. The number of hydrogen-bond acceptors (Lipinski definition) is 4. The molecule has 0 unspecified atom stereocenters. The van der Waals surface area contributed by atoms with E-state index in [1.54, 1.807) is 6.07 Å². The monoisotopic (exact) mass is 326 g/mol. The zero-order chi connectivity index (χ0) is 15.5. The van der Waals surface area contributed by atoms with E-state index in [-0.39, 0.29) is 22.2 Å². The van der Waals surface area contributed by atoms with Crippen LogP contribution in [0.4, 0.5) is 5.69 Å². The van der Waals surface area contributed by atoms with Crippen LogP contribution in [0.2, 0.25) is 5.15 Å². The number of sulfonamides is 1. The quantitative estimate of drug-likeness (QED) is 0.822. The summed E-state index contributed by atoms with van der Waals surface area (Å²) in [5.74, 6) is -1.36. The minimum atomic E-state index is -3.67. The number of aromatic carboxylic acids is 1. The van der Waals surface area contributed by atoms with Crippen LogP contribution in [0.15, 0.2) is 42.6 Å². The Morgan fingerprint density at radius 3 is 2.48 bits per heavy atom. The van der Waals surface area contributed by atoms with Gasteiger partial charge in [0.2, 0.25) is 10.0 Å². The van der Waals surface area contributed by atoms with Gasteiger partial charge in [0.1, 0.15) is 0 Å². The zero-order valence-electron chi connectivity index (χ0n) is 10.7. The van der Waals surface area contributed by atoms with Crippen molar-refractivity contribution in [3.63, 3.8) is 0 Å². The Bertz CT molecular complexity index is 760. The number of nitrogens with one attached hydrogen (secondary N) is 1. The second-order valence-corrected chi connectivity index (χ2v) is 6.29. The molecule has 21 heavy (non-hydrogen) atoms. The Hall–Kier alpha value is -2.12. The van der Waals surface area contributed by atoms with Gasteiger partial charge in [0.25, 0.3) is 0 Å². The molecule has 0 saturated carbocycles. The average molecular weight is 327 g/mol. The summed E-state index contributed by atoms with van der Waals surface area (Å²) in [4.78, 5) is 14.5. The maximum atomic E-state index is 12.0. The summed E-state index contributed by atoms with van der Waals surface area (Å²) in [7, 11) is -3.67. The molecule has 0 fully saturated rings. The molecule has 0 amide bonds. The number of carbonyl (C=O) groups is 1. The van der Waals surface area contributed by atoms with Gasteiger partial charge >= 0.3 is 5.97 Å². The fourth-order valence-electron chi connectivity index (χ4n) is 1.63. The van der Waals surface area contributed by atoms with Crippen molar-refractivity contribution in [3.8, 4) is 0 Å². The molecule has 0 aliphatic carbocycles. The lowest BCUT2D eigenvalue weighted by molar-refractivity contribution is 0.0697. The van der Waals surface area contributed by atoms with E-state index in [0.29, 0.717) is 5.56 Å². The first-order chi connectivity index (χ1) is 9.87. The molecule has 2 rings (SSSR count). The molecule has 8 heteroatoms. The normalized spacial score (nSPS) is 11.1. The number of hydrogen-bond donors (Lipinski definition) is 2. The van der Waals surface area contributed by atoms with Gasteiger partial charge in [-0.2, -0.15) is 0 Å². The van der Waals surface area contributed by atoms with E-state index >= 15 is 0 Å². The van der Waals surface area contributed by atoms with Gasteiger partial charge in [-0.3, -0.25) is 4.72 Å². The third-order valence-electron chi connectivity index (χ3n) is 2.58. The van der Waals surface area contributed by atoms with Crippen molar-refractivity contribution in [3.05, 3.63) is 58.9 Å². The Kier molecular flexibility index (Phi) is 4.44. The molecule has 1 aromatic heterocycles. The van der Waals surface area contributed by atoms with Crippen molar-refractivity contribution in [1.82, 2.24) is 4.98 Å². The van der Waals surface area contributed by atoms with Gasteiger partial charge < -0.3 is 5.11 Å². The average Bonchev–Trinajstić information content (AvgIpc) is 2.41. The molecule has 2 N–H and O–H groups in total. The number of rotatable bonds is 5. The minimum Gasteiger partial charge on any atom is -0.478 e. The SMILES string of the molecule is O=C(O)c1ccc(CS(=O)(=O)Nc2cccnc2Cl)cc1. The topological polar surface area (TPSA) is 96.4 Å². The highest BCUT2D eigenvalue weighted by atomic mass is 35.5. The maximum Gasteiger partial charge on any atom is 0.335 e. The largest absolute Gasteiger partial charge is 0.478 e. The molecule has 2 aromatic rings. The van der Waals surface area contributed by atoms with Gasteiger partial charge in [0.05, 0.1) is 17.0 Å². The van der Waals surface area contributed by atoms with E-state index < -0.39 is 16.0 Å². The molecule has 0 spiro atoms. The number of benzene rings is 1. The van der Waals surface area contributed by atoms with E-state index in [4.69, 9.17) is 16.7 Å². The predicted octanol–water partition coefficient (Wildman–Crippen LogP) is 2.38. The Labute approximate surface area is 126 Å². The highest BCUT2D eigenvalue weighted by Crippen LogP contribution is 2.20. The molecular formula is C13H11ClN2O4S. The number of pyridine rings is 1. The molecule has 0 radical (unpaired) electrons. The summed E-state index contributed by atoms with van der Waals surface area (Å²) in [6.07, 6.45) is 1.45. The van der Waals surface area contributed by atoms with Crippen LogP contribution in [0.3, 0.4) is 0 Å². The van der Waals surface area contributed by atoms with Crippen molar-refractivity contribution < 1.29 is 18.3 Å². The van der Waals surface area contributed by atoms with Crippen LogP contribution in [0.1, 0.15) is 15.9 Å². The first kappa shape index (κ1) is 15.3. The smallest absolute Gasteiger partial charge is 0.335 e. The number of aromatic nitrogens is 1. The number of carboxylic acid groups (broad SMARTS) is 1. The van der Waals surface area contributed by atoms with E-state index in [9.17, 15) is 13.2 Å². The second-order valence-electron chi connectivity index (χ2n) is 4.20. The van der Waals surface area contributed by atoms with Gasteiger partial charge in [-0.05, 0) is 29.8 Å². The highest BCUT2D eigenvalue weighted by Gasteiger charge is 2.14. The van der Waals surface area contributed by atoms with Crippen molar-refractivity contribution in [2.45, 2.75) is 5.75 Å². The van der Waals surface area contributed by atoms with Crippen molar-refractivity contribution in [2.24, 2.45) is 0 Å². The lowest BCUT2D eigenvalue weighted by Gasteiger charge is -2.09. The first-order valence-electron chi connectivity index (χ1n) is 5.80. The summed E-state index contributed by atoms with van der Waals surface area (Å²) in [6, 6.07) is 8.67.